The monoisotopic (exact) mass is 264 g/mol. The maximum Gasteiger partial charge on any atom is 0.212 e. The van der Waals surface area contributed by atoms with Gasteiger partial charge in [0.15, 0.2) is 0 Å². The minimum Gasteiger partial charge on any atom is -0.481 e. The fourth-order valence-corrected chi connectivity index (χ4v) is 3.19. The Morgan fingerprint density at radius 1 is 1.32 bits per heavy atom. The molecule has 0 N–H and O–H groups in total. The van der Waals surface area contributed by atoms with Gasteiger partial charge in [-0.2, -0.15) is 0 Å². The number of halogens is 1. The van der Waals surface area contributed by atoms with E-state index in [0.717, 1.165) is 12.8 Å². The molecule has 2 heterocycles. The molecule has 0 aromatic carbocycles. The number of hydrogen-bond acceptors (Lipinski definition) is 3. The van der Waals surface area contributed by atoms with Crippen LogP contribution in [-0.2, 0) is 5.67 Å². The van der Waals surface area contributed by atoms with Crippen molar-refractivity contribution in [2.24, 2.45) is 0 Å². The number of likely N-dealkylation sites (tertiary alicyclic amines) is 1. The smallest absolute Gasteiger partial charge is 0.212 e. The van der Waals surface area contributed by atoms with Gasteiger partial charge in [0.05, 0.1) is 7.11 Å². The van der Waals surface area contributed by atoms with E-state index in [0.29, 0.717) is 30.3 Å². The van der Waals surface area contributed by atoms with Gasteiger partial charge in [-0.05, 0) is 51.3 Å². The van der Waals surface area contributed by atoms with Gasteiger partial charge in [0, 0.05) is 23.9 Å². The number of hydrogen-bond donors (Lipinski definition) is 0. The lowest BCUT2D eigenvalue weighted by molar-refractivity contribution is 0.0258. The summed E-state index contributed by atoms with van der Waals surface area (Å²) in [4.78, 5) is 6.62. The summed E-state index contributed by atoms with van der Waals surface area (Å²) in [6.45, 7) is 2.40. The Morgan fingerprint density at radius 2 is 2.05 bits per heavy atom. The average Bonchev–Trinajstić information content (AvgIpc) is 2.40. The van der Waals surface area contributed by atoms with Crippen molar-refractivity contribution >= 4 is 0 Å². The topological polar surface area (TPSA) is 25.4 Å². The highest BCUT2D eigenvalue weighted by Gasteiger charge is 2.39. The highest BCUT2D eigenvalue weighted by atomic mass is 19.1. The van der Waals surface area contributed by atoms with Crippen LogP contribution in [0.15, 0.2) is 18.3 Å². The van der Waals surface area contributed by atoms with Crippen LogP contribution in [-0.4, -0.2) is 36.1 Å². The van der Waals surface area contributed by atoms with Crippen LogP contribution < -0.4 is 4.74 Å². The first-order valence-electron chi connectivity index (χ1n) is 7.15. The number of nitrogens with zero attached hydrogens (tertiary/aromatic N) is 2. The summed E-state index contributed by atoms with van der Waals surface area (Å²) in [5.41, 5.74) is -0.490. The van der Waals surface area contributed by atoms with Crippen molar-refractivity contribution in [3.63, 3.8) is 0 Å². The first-order chi connectivity index (χ1) is 9.21. The predicted octanol–water partition coefficient (Wildman–Crippen LogP) is 2.90. The molecule has 0 atom stereocenters. The molecular weight excluding hydrogens is 243 g/mol. The van der Waals surface area contributed by atoms with E-state index in [-0.39, 0.29) is 0 Å². The molecule has 1 aliphatic carbocycles. The van der Waals surface area contributed by atoms with E-state index in [1.807, 2.05) is 6.07 Å². The number of pyridine rings is 1. The summed E-state index contributed by atoms with van der Waals surface area (Å²) in [5.74, 6) is 0.543. The van der Waals surface area contributed by atoms with Crippen LogP contribution in [0.3, 0.4) is 0 Å². The van der Waals surface area contributed by atoms with Gasteiger partial charge >= 0.3 is 0 Å². The van der Waals surface area contributed by atoms with Crippen molar-refractivity contribution in [2.75, 3.05) is 20.2 Å². The molecule has 1 saturated heterocycles. The Morgan fingerprint density at radius 3 is 2.53 bits per heavy atom. The number of methoxy groups -OCH3 is 1. The Labute approximate surface area is 113 Å². The zero-order valence-electron chi connectivity index (χ0n) is 11.4. The quantitative estimate of drug-likeness (QED) is 0.839. The van der Waals surface area contributed by atoms with Crippen LogP contribution in [0, 0.1) is 0 Å². The summed E-state index contributed by atoms with van der Waals surface area (Å²) < 4.78 is 20.0. The van der Waals surface area contributed by atoms with Crippen molar-refractivity contribution < 1.29 is 9.13 Å². The fraction of sp³-hybridized carbons (Fsp3) is 0.667. The molecule has 0 unspecified atom stereocenters. The summed E-state index contributed by atoms with van der Waals surface area (Å²) in [7, 11) is 1.57. The second-order valence-corrected chi connectivity index (χ2v) is 5.68. The second-order valence-electron chi connectivity index (χ2n) is 5.68. The van der Waals surface area contributed by atoms with E-state index in [1.165, 1.54) is 19.5 Å². The molecular formula is C15H21FN2O. The van der Waals surface area contributed by atoms with Gasteiger partial charge in [0.2, 0.25) is 5.88 Å². The van der Waals surface area contributed by atoms with Crippen LogP contribution in [0.5, 0.6) is 5.88 Å². The molecule has 3 rings (SSSR count). The molecule has 0 radical (unpaired) electrons. The maximum absolute atomic E-state index is 15.0. The van der Waals surface area contributed by atoms with E-state index < -0.39 is 5.67 Å². The van der Waals surface area contributed by atoms with Crippen molar-refractivity contribution in [3.8, 4) is 5.88 Å². The normalized spacial score (nSPS) is 31.8. The number of aromatic nitrogens is 1. The number of ether oxygens (including phenoxy) is 1. The Balaban J connectivity index is 1.66. The van der Waals surface area contributed by atoms with E-state index in [9.17, 15) is 4.39 Å². The van der Waals surface area contributed by atoms with Crippen molar-refractivity contribution in [1.82, 2.24) is 9.88 Å². The Hall–Kier alpha value is -1.16. The molecule has 0 amide bonds. The number of alkyl halides is 1. The van der Waals surface area contributed by atoms with Gasteiger partial charge in [0.25, 0.3) is 0 Å². The predicted molar refractivity (Wildman–Crippen MR) is 72.0 cm³/mol. The van der Waals surface area contributed by atoms with Crippen LogP contribution in [0.4, 0.5) is 4.39 Å². The average molecular weight is 264 g/mol. The van der Waals surface area contributed by atoms with Crippen LogP contribution in [0.2, 0.25) is 0 Å². The Kier molecular flexibility index (Phi) is 3.44. The van der Waals surface area contributed by atoms with Crippen LogP contribution >= 0.6 is 0 Å². The van der Waals surface area contributed by atoms with Crippen molar-refractivity contribution in [2.45, 2.75) is 43.8 Å². The molecule has 1 saturated carbocycles. The summed E-state index contributed by atoms with van der Waals surface area (Å²) >= 11 is 0. The minimum atomic E-state index is -1.19. The minimum absolute atomic E-state index is 0.543. The van der Waals surface area contributed by atoms with E-state index in [2.05, 4.69) is 9.88 Å². The standard InChI is InChI=1S/C15H21FN2O/c1-19-14-4-3-12(11-17-14)15(16)7-5-13(6-8-15)18-9-2-10-18/h3-4,11,13H,2,5-10H2,1H3. The lowest BCUT2D eigenvalue weighted by Crippen LogP contribution is -2.48. The summed E-state index contributed by atoms with van der Waals surface area (Å²) in [6, 6.07) is 4.16. The lowest BCUT2D eigenvalue weighted by atomic mass is 9.78. The van der Waals surface area contributed by atoms with Gasteiger partial charge < -0.3 is 9.64 Å². The second kappa shape index (κ2) is 5.08. The summed E-state index contributed by atoms with van der Waals surface area (Å²) in [5, 5.41) is 0. The van der Waals surface area contributed by atoms with E-state index in [4.69, 9.17) is 4.74 Å². The molecule has 0 bridgehead atoms. The molecule has 104 valence electrons. The zero-order chi connectivity index (χ0) is 13.3. The maximum atomic E-state index is 15.0. The van der Waals surface area contributed by atoms with Gasteiger partial charge in [-0.15, -0.1) is 0 Å². The molecule has 2 fully saturated rings. The third kappa shape index (κ3) is 2.46. The molecule has 4 heteroatoms. The molecule has 19 heavy (non-hydrogen) atoms. The van der Waals surface area contributed by atoms with Gasteiger partial charge in [-0.3, -0.25) is 0 Å². The summed E-state index contributed by atoms with van der Waals surface area (Å²) in [6.07, 6.45) is 6.08. The Bertz CT molecular complexity index is 422. The molecule has 1 aromatic heterocycles. The third-order valence-corrected chi connectivity index (χ3v) is 4.62. The SMILES string of the molecule is COc1ccc(C2(F)CCC(N3CCC3)CC2)cn1. The van der Waals surface area contributed by atoms with Crippen molar-refractivity contribution in [3.05, 3.63) is 23.9 Å². The zero-order valence-corrected chi connectivity index (χ0v) is 11.4. The molecule has 1 aromatic rings. The first-order valence-corrected chi connectivity index (χ1v) is 7.15. The van der Waals surface area contributed by atoms with Gasteiger partial charge in [-0.25, -0.2) is 9.37 Å². The van der Waals surface area contributed by atoms with E-state index in [1.54, 1.807) is 19.4 Å². The van der Waals surface area contributed by atoms with Crippen molar-refractivity contribution in [1.29, 1.82) is 0 Å². The highest BCUT2D eigenvalue weighted by molar-refractivity contribution is 5.24. The first kappa shape index (κ1) is 12.9. The molecule has 2 aliphatic rings. The molecule has 1 aliphatic heterocycles. The number of rotatable bonds is 3. The van der Waals surface area contributed by atoms with Crippen LogP contribution in [0.25, 0.3) is 0 Å². The largest absolute Gasteiger partial charge is 0.481 e. The third-order valence-electron chi connectivity index (χ3n) is 4.62. The highest BCUT2D eigenvalue weighted by Crippen LogP contribution is 2.42. The lowest BCUT2D eigenvalue weighted by Gasteiger charge is -2.43. The van der Waals surface area contributed by atoms with E-state index >= 15 is 0 Å². The fourth-order valence-electron chi connectivity index (χ4n) is 3.19. The van der Waals surface area contributed by atoms with Crippen LogP contribution in [0.1, 0.15) is 37.7 Å². The molecule has 0 spiro atoms. The molecule has 3 nitrogen and oxygen atoms in total. The van der Waals surface area contributed by atoms with Gasteiger partial charge in [0.1, 0.15) is 5.67 Å². The van der Waals surface area contributed by atoms with Gasteiger partial charge in [-0.1, -0.05) is 0 Å².